The van der Waals surface area contributed by atoms with Crippen LogP contribution in [0.5, 0.6) is 0 Å². The van der Waals surface area contributed by atoms with Gasteiger partial charge in [0.05, 0.1) is 10.6 Å². The van der Waals surface area contributed by atoms with E-state index in [0.29, 0.717) is 16.4 Å². The number of benzene rings is 2. The minimum Gasteiger partial charge on any atom is -0.296 e. The van der Waals surface area contributed by atoms with E-state index >= 15 is 0 Å². The molecule has 1 N–H and O–H groups in total. The number of carbonyl (C=O) groups excluding carboxylic acids is 1. The fourth-order valence-electron chi connectivity index (χ4n) is 2.22. The van der Waals surface area contributed by atoms with Crippen molar-refractivity contribution in [2.75, 3.05) is 22.9 Å². The van der Waals surface area contributed by atoms with E-state index in [9.17, 15) is 13.2 Å². The molecule has 7 nitrogen and oxygen atoms in total. The van der Waals surface area contributed by atoms with Crippen molar-refractivity contribution in [3.63, 3.8) is 0 Å². The molecule has 0 aliphatic rings. The Hall–Kier alpha value is -2.43. The van der Waals surface area contributed by atoms with Crippen LogP contribution in [-0.2, 0) is 10.0 Å². The maximum atomic E-state index is 12.7. The number of nitrogens with one attached hydrogen (secondary N) is 1. The van der Waals surface area contributed by atoms with Crippen LogP contribution in [0, 0.1) is 0 Å². The van der Waals surface area contributed by atoms with Gasteiger partial charge in [-0.3, -0.25) is 14.4 Å². The summed E-state index contributed by atoms with van der Waals surface area (Å²) >= 11 is 2.74. The van der Waals surface area contributed by atoms with E-state index in [0.717, 1.165) is 4.34 Å². The van der Waals surface area contributed by atoms with Crippen molar-refractivity contribution in [2.24, 2.45) is 0 Å². The summed E-state index contributed by atoms with van der Waals surface area (Å²) in [6.45, 7) is 0. The molecule has 10 heteroatoms. The largest absolute Gasteiger partial charge is 0.296 e. The molecule has 0 fully saturated rings. The van der Waals surface area contributed by atoms with Crippen LogP contribution in [0.4, 0.5) is 10.8 Å². The molecule has 0 spiro atoms. The Kier molecular flexibility index (Phi) is 5.78. The molecule has 140 valence electrons. The van der Waals surface area contributed by atoms with Gasteiger partial charge in [0.1, 0.15) is 0 Å². The van der Waals surface area contributed by atoms with Gasteiger partial charge >= 0.3 is 0 Å². The molecule has 0 saturated heterocycles. The molecule has 0 bridgehead atoms. The quantitative estimate of drug-likeness (QED) is 0.486. The van der Waals surface area contributed by atoms with Crippen molar-refractivity contribution in [1.82, 2.24) is 10.2 Å². The molecule has 1 aromatic heterocycles. The predicted octanol–water partition coefficient (Wildman–Crippen LogP) is 3.34. The zero-order chi connectivity index (χ0) is 19.4. The molecule has 0 aliphatic carbocycles. The maximum Gasteiger partial charge on any atom is 0.264 e. The van der Waals surface area contributed by atoms with E-state index in [2.05, 4.69) is 15.5 Å². The third kappa shape index (κ3) is 4.29. The van der Waals surface area contributed by atoms with Crippen LogP contribution in [0.2, 0.25) is 0 Å². The van der Waals surface area contributed by atoms with Gasteiger partial charge in [0.2, 0.25) is 5.13 Å². The fourth-order valence-corrected chi connectivity index (χ4v) is 4.61. The van der Waals surface area contributed by atoms with E-state index in [-0.39, 0.29) is 10.8 Å². The summed E-state index contributed by atoms with van der Waals surface area (Å²) in [6, 6.07) is 14.5. The number of thioether (sulfide) groups is 1. The van der Waals surface area contributed by atoms with Gasteiger partial charge in [0, 0.05) is 12.6 Å². The third-order valence-electron chi connectivity index (χ3n) is 3.70. The van der Waals surface area contributed by atoms with E-state index in [1.165, 1.54) is 34.5 Å². The van der Waals surface area contributed by atoms with Crippen LogP contribution in [0.3, 0.4) is 0 Å². The molecule has 3 rings (SSSR count). The van der Waals surface area contributed by atoms with E-state index in [4.69, 9.17) is 0 Å². The monoisotopic (exact) mass is 420 g/mol. The summed E-state index contributed by atoms with van der Waals surface area (Å²) < 4.78 is 27.2. The lowest BCUT2D eigenvalue weighted by Crippen LogP contribution is -2.26. The molecule has 0 saturated carbocycles. The highest BCUT2D eigenvalue weighted by atomic mass is 32.2. The first kappa shape index (κ1) is 19.3. The lowest BCUT2D eigenvalue weighted by molar-refractivity contribution is 0.102. The van der Waals surface area contributed by atoms with Crippen LogP contribution < -0.4 is 9.62 Å². The van der Waals surface area contributed by atoms with Gasteiger partial charge < -0.3 is 0 Å². The first-order valence-corrected chi connectivity index (χ1v) is 11.2. The van der Waals surface area contributed by atoms with Crippen molar-refractivity contribution in [2.45, 2.75) is 9.24 Å². The number of hydrogen-bond acceptors (Lipinski definition) is 7. The zero-order valence-electron chi connectivity index (χ0n) is 14.5. The average molecular weight is 421 g/mol. The lowest BCUT2D eigenvalue weighted by Gasteiger charge is -2.19. The number of aromatic nitrogens is 2. The second kappa shape index (κ2) is 8.07. The highest BCUT2D eigenvalue weighted by molar-refractivity contribution is 8.00. The van der Waals surface area contributed by atoms with E-state index in [1.54, 1.807) is 54.6 Å². The maximum absolute atomic E-state index is 12.7. The Balaban J connectivity index is 1.75. The van der Waals surface area contributed by atoms with Crippen molar-refractivity contribution < 1.29 is 13.2 Å². The number of nitrogens with zero attached hydrogens (tertiary/aromatic N) is 3. The summed E-state index contributed by atoms with van der Waals surface area (Å²) in [6.07, 6.45) is 1.88. The molecule has 0 aliphatic heterocycles. The van der Waals surface area contributed by atoms with Gasteiger partial charge in [-0.05, 0) is 42.7 Å². The molecule has 3 aromatic rings. The van der Waals surface area contributed by atoms with Gasteiger partial charge in [-0.15, -0.1) is 10.2 Å². The van der Waals surface area contributed by atoms with Gasteiger partial charge in [-0.1, -0.05) is 41.3 Å². The minimum atomic E-state index is -3.66. The van der Waals surface area contributed by atoms with Crippen molar-refractivity contribution in [1.29, 1.82) is 0 Å². The molecule has 0 atom stereocenters. The molecular weight excluding hydrogens is 404 g/mol. The summed E-state index contributed by atoms with van der Waals surface area (Å²) in [5.74, 6) is -0.334. The van der Waals surface area contributed by atoms with E-state index in [1.807, 2.05) is 6.26 Å². The number of anilines is 2. The highest BCUT2D eigenvalue weighted by Crippen LogP contribution is 2.25. The Bertz CT molecular complexity index is 1030. The topological polar surface area (TPSA) is 92.3 Å². The summed E-state index contributed by atoms with van der Waals surface area (Å²) in [7, 11) is -2.19. The zero-order valence-corrected chi connectivity index (χ0v) is 16.9. The normalized spacial score (nSPS) is 11.2. The molecule has 0 radical (unpaired) electrons. The standard InChI is InChI=1S/C17H16N4O3S3/c1-21(27(23,24)14-6-4-3-5-7-14)13-10-8-12(9-11-13)15(22)18-16-19-20-17(25-2)26-16/h3-11H,1-2H3,(H,18,19,22). The summed E-state index contributed by atoms with van der Waals surface area (Å²) in [5.41, 5.74) is 0.848. The third-order valence-corrected chi connectivity index (χ3v) is 7.31. The minimum absolute atomic E-state index is 0.204. The SMILES string of the molecule is CSc1nnc(NC(=O)c2ccc(N(C)S(=O)(=O)c3ccccc3)cc2)s1. The van der Waals surface area contributed by atoms with Crippen molar-refractivity contribution in [3.8, 4) is 0 Å². The van der Waals surface area contributed by atoms with Gasteiger partial charge in [-0.25, -0.2) is 8.42 Å². The first-order chi connectivity index (χ1) is 12.9. The number of sulfonamides is 1. The second-order valence-corrected chi connectivity index (χ2v) is 9.36. The molecule has 27 heavy (non-hydrogen) atoms. The van der Waals surface area contributed by atoms with Gasteiger partial charge in [0.25, 0.3) is 15.9 Å². The van der Waals surface area contributed by atoms with Crippen molar-refractivity contribution in [3.05, 3.63) is 60.2 Å². The Morgan fingerprint density at radius 2 is 1.74 bits per heavy atom. The van der Waals surface area contributed by atoms with Gasteiger partial charge in [0.15, 0.2) is 4.34 Å². The van der Waals surface area contributed by atoms with Crippen LogP contribution in [0.15, 0.2) is 63.8 Å². The second-order valence-electron chi connectivity index (χ2n) is 5.36. The molecule has 2 aromatic carbocycles. The van der Waals surface area contributed by atoms with Crippen LogP contribution in [0.25, 0.3) is 0 Å². The van der Waals surface area contributed by atoms with Crippen molar-refractivity contribution >= 4 is 49.8 Å². The van der Waals surface area contributed by atoms with E-state index < -0.39 is 10.0 Å². The molecule has 1 amide bonds. The fraction of sp³-hybridized carbons (Fsp3) is 0.118. The van der Waals surface area contributed by atoms with Crippen LogP contribution in [0.1, 0.15) is 10.4 Å². The smallest absolute Gasteiger partial charge is 0.264 e. The Labute approximate surface area is 165 Å². The van der Waals surface area contributed by atoms with Gasteiger partial charge in [-0.2, -0.15) is 0 Å². The number of carbonyl (C=O) groups is 1. The number of hydrogen-bond donors (Lipinski definition) is 1. The number of amides is 1. The van der Waals surface area contributed by atoms with Crippen LogP contribution in [-0.4, -0.2) is 37.8 Å². The number of rotatable bonds is 6. The molecule has 1 heterocycles. The first-order valence-electron chi connectivity index (χ1n) is 7.74. The lowest BCUT2D eigenvalue weighted by atomic mass is 10.2. The Morgan fingerprint density at radius 3 is 2.33 bits per heavy atom. The highest BCUT2D eigenvalue weighted by Gasteiger charge is 2.21. The average Bonchev–Trinajstić information content (AvgIpc) is 3.15. The summed E-state index contributed by atoms with van der Waals surface area (Å²) in [5, 5.41) is 10.9. The molecular formula is C17H16N4O3S3. The molecule has 0 unspecified atom stereocenters. The van der Waals surface area contributed by atoms with Crippen LogP contribution >= 0.6 is 23.1 Å². The summed E-state index contributed by atoms with van der Waals surface area (Å²) in [4.78, 5) is 12.5. The Morgan fingerprint density at radius 1 is 1.07 bits per heavy atom. The predicted molar refractivity (Wildman–Crippen MR) is 108 cm³/mol.